The van der Waals surface area contributed by atoms with Crippen LogP contribution in [0.4, 0.5) is 13.9 Å². The summed E-state index contributed by atoms with van der Waals surface area (Å²) in [4.78, 5) is 65.7. The highest BCUT2D eigenvalue weighted by Crippen LogP contribution is 2.59. The van der Waals surface area contributed by atoms with Crippen LogP contribution in [0, 0.1) is 12.3 Å². The maximum Gasteiger partial charge on any atom is 0.399 e. The second kappa shape index (κ2) is 12.6. The van der Waals surface area contributed by atoms with E-state index in [1.807, 2.05) is 31.2 Å². The van der Waals surface area contributed by atoms with Crippen LogP contribution in [-0.4, -0.2) is 56.0 Å². The van der Waals surface area contributed by atoms with Crippen LogP contribution in [0.1, 0.15) is 54.4 Å². The van der Waals surface area contributed by atoms with Gasteiger partial charge in [0, 0.05) is 23.0 Å². The molecule has 2 atom stereocenters. The van der Waals surface area contributed by atoms with Gasteiger partial charge >= 0.3 is 13.3 Å². The molecule has 0 saturated carbocycles. The average molecular weight is 691 g/mol. The number of carbonyl (C=O) groups is 3. The molecule has 1 fully saturated rings. The van der Waals surface area contributed by atoms with Crippen molar-refractivity contribution in [2.45, 2.75) is 58.3 Å². The van der Waals surface area contributed by atoms with Crippen LogP contribution in [0.15, 0.2) is 54.7 Å². The van der Waals surface area contributed by atoms with Crippen LogP contribution < -0.4 is 10.6 Å². The molecule has 2 aromatic heterocycles. The first-order chi connectivity index (χ1) is 21.5. The Morgan fingerprint density at radius 1 is 1.09 bits per heavy atom. The Balaban J connectivity index is 1.31. The van der Waals surface area contributed by atoms with Gasteiger partial charge in [0.2, 0.25) is 11.8 Å². The van der Waals surface area contributed by atoms with E-state index in [-0.39, 0.29) is 16.2 Å². The number of anilines is 1. The van der Waals surface area contributed by atoms with E-state index in [4.69, 9.17) is 9.79 Å². The van der Waals surface area contributed by atoms with E-state index in [1.54, 1.807) is 27.0 Å². The number of likely N-dealkylation sites (tertiary alicyclic amines) is 1. The summed E-state index contributed by atoms with van der Waals surface area (Å²) in [6.07, 6.45) is 2.73. The molecule has 0 radical (unpaired) electrons. The van der Waals surface area contributed by atoms with Gasteiger partial charge in [-0.25, -0.2) is 4.98 Å². The number of aryl methyl sites for hydroxylation is 1. The quantitative estimate of drug-likeness (QED) is 0.158. The highest BCUT2D eigenvalue weighted by atomic mass is 32.1. The monoisotopic (exact) mass is 690 g/mol. The molecule has 0 unspecified atom stereocenters. The fourth-order valence-electron chi connectivity index (χ4n) is 5.28. The third kappa shape index (κ3) is 6.91. The van der Waals surface area contributed by atoms with Crippen molar-refractivity contribution in [1.29, 1.82) is 0 Å². The van der Waals surface area contributed by atoms with Crippen LogP contribution >= 0.6 is 30.3 Å². The molecule has 2 aromatic carbocycles. The molecule has 3 heterocycles. The third-order valence-electron chi connectivity index (χ3n) is 7.72. The molecular formula is C31H33F2N4O6PS2. The number of benzene rings is 2. The van der Waals surface area contributed by atoms with Gasteiger partial charge in [-0.05, 0) is 54.3 Å². The Morgan fingerprint density at radius 3 is 2.50 bits per heavy atom. The number of hydrogen-bond acceptors (Lipinski definition) is 7. The molecule has 1 aliphatic heterocycles. The zero-order valence-corrected chi connectivity index (χ0v) is 27.9. The molecule has 0 spiro atoms. The van der Waals surface area contributed by atoms with Crippen molar-refractivity contribution in [2.75, 3.05) is 11.9 Å². The highest BCUT2D eigenvalue weighted by molar-refractivity contribution is 7.52. The Bertz CT molecular complexity index is 1860. The minimum absolute atomic E-state index is 0.123. The molecule has 4 N–H and O–H groups in total. The number of rotatable bonds is 8. The first kappa shape index (κ1) is 33.8. The number of halogens is 2. The summed E-state index contributed by atoms with van der Waals surface area (Å²) in [5.74, 6) is -1.42. The van der Waals surface area contributed by atoms with Gasteiger partial charge in [-0.3, -0.25) is 18.9 Å². The number of thiophene rings is 1. The third-order valence-corrected chi connectivity index (χ3v) is 10.8. The van der Waals surface area contributed by atoms with Gasteiger partial charge < -0.3 is 25.3 Å². The number of thiazole rings is 1. The van der Waals surface area contributed by atoms with Gasteiger partial charge in [-0.1, -0.05) is 68.0 Å². The summed E-state index contributed by atoms with van der Waals surface area (Å²) in [6.45, 7) is 7.66. The maximum atomic E-state index is 14.3. The Kier molecular flexibility index (Phi) is 9.24. The summed E-state index contributed by atoms with van der Waals surface area (Å²) in [7, 11) is -5.77. The predicted octanol–water partition coefficient (Wildman–Crippen LogP) is 6.33. The van der Waals surface area contributed by atoms with E-state index in [1.165, 1.54) is 28.4 Å². The van der Waals surface area contributed by atoms with Crippen LogP contribution in [0.2, 0.25) is 0 Å². The second-order valence-corrected chi connectivity index (χ2v) is 16.1. The van der Waals surface area contributed by atoms with Crippen molar-refractivity contribution >= 4 is 63.2 Å². The number of fused-ring (bicyclic) bond motifs is 1. The minimum Gasteiger partial charge on any atom is -0.339 e. The first-order valence-electron chi connectivity index (χ1n) is 14.4. The highest BCUT2D eigenvalue weighted by Gasteiger charge is 2.50. The molecule has 10 nitrogen and oxygen atoms in total. The number of hydrogen-bond donors (Lipinski definition) is 4. The summed E-state index contributed by atoms with van der Waals surface area (Å²) < 4.78 is 40.3. The molecular weight excluding hydrogens is 657 g/mol. The van der Waals surface area contributed by atoms with Crippen LogP contribution in [0.3, 0.4) is 0 Å². The number of alkyl halides is 2. The summed E-state index contributed by atoms with van der Waals surface area (Å²) in [5.41, 5.74) is -3.94. The molecule has 1 saturated heterocycles. The molecule has 0 bridgehead atoms. The Labute approximate surface area is 272 Å². The number of amides is 3. The molecule has 244 valence electrons. The van der Waals surface area contributed by atoms with Crippen LogP contribution in [0.5, 0.6) is 0 Å². The lowest BCUT2D eigenvalue weighted by Gasteiger charge is -2.35. The Morgan fingerprint density at radius 2 is 1.83 bits per heavy atom. The second-order valence-electron chi connectivity index (χ2n) is 12.3. The van der Waals surface area contributed by atoms with E-state index < -0.39 is 48.1 Å². The molecule has 3 amide bonds. The standard InChI is InChI=1S/C31H33F2N4O6PS2/c1-17-7-5-8-18(13-17)24-16-34-29(46-24)36-26(38)21-9-6-12-37(21)28(40)25(30(2,3)4)35-27(39)23-15-19-14-20(10-11-22(19)45-23)31(32,33)44(41,42)43/h5,7-8,10-11,13-16,21,25H,6,9,12H2,1-4H3,(H,35,39)(H,34,36,38)(H2,41,42,43)/t21-,25+/m0/s1. The van der Waals surface area contributed by atoms with Gasteiger partial charge in [-0.2, -0.15) is 8.78 Å². The van der Waals surface area contributed by atoms with E-state index in [0.29, 0.717) is 29.2 Å². The van der Waals surface area contributed by atoms with E-state index in [9.17, 15) is 27.7 Å². The van der Waals surface area contributed by atoms with E-state index in [0.717, 1.165) is 39.5 Å². The molecule has 4 aromatic rings. The SMILES string of the molecule is Cc1cccc(-c2cnc(NC(=O)[C@@H]3CCCN3C(=O)[C@@H](NC(=O)c3cc4cc(C(F)(F)P(=O)(O)O)ccc4s3)C(C)(C)C)s2)c1. The van der Waals surface area contributed by atoms with Crippen molar-refractivity contribution in [3.05, 3.63) is 70.7 Å². The number of nitrogens with zero attached hydrogens (tertiary/aromatic N) is 2. The lowest BCUT2D eigenvalue weighted by Crippen LogP contribution is -2.57. The normalized spacial score (nSPS) is 16.4. The van der Waals surface area contributed by atoms with E-state index in [2.05, 4.69) is 15.6 Å². The maximum absolute atomic E-state index is 14.3. The zero-order chi connectivity index (χ0) is 33.6. The number of nitrogens with one attached hydrogen (secondary N) is 2. The largest absolute Gasteiger partial charge is 0.399 e. The molecule has 1 aliphatic rings. The van der Waals surface area contributed by atoms with Crippen LogP contribution in [-0.2, 0) is 19.8 Å². The van der Waals surface area contributed by atoms with Gasteiger partial charge in [0.1, 0.15) is 12.1 Å². The van der Waals surface area contributed by atoms with E-state index >= 15 is 0 Å². The summed E-state index contributed by atoms with van der Waals surface area (Å²) in [5, 5.41) is 6.23. The number of carbonyl (C=O) groups excluding carboxylic acids is 3. The van der Waals surface area contributed by atoms with Crippen molar-refractivity contribution < 1.29 is 37.5 Å². The molecule has 5 rings (SSSR count). The zero-order valence-electron chi connectivity index (χ0n) is 25.4. The predicted molar refractivity (Wildman–Crippen MR) is 174 cm³/mol. The van der Waals surface area contributed by atoms with Crippen molar-refractivity contribution in [3.8, 4) is 10.4 Å². The van der Waals surface area contributed by atoms with Gasteiger partial charge in [-0.15, -0.1) is 11.3 Å². The van der Waals surface area contributed by atoms with Gasteiger partial charge in [0.25, 0.3) is 5.91 Å². The van der Waals surface area contributed by atoms with Gasteiger partial charge in [0.15, 0.2) is 5.13 Å². The van der Waals surface area contributed by atoms with Crippen molar-refractivity contribution in [1.82, 2.24) is 15.2 Å². The minimum atomic E-state index is -5.77. The summed E-state index contributed by atoms with van der Waals surface area (Å²) >= 11 is 2.32. The Hall–Kier alpha value is -3.55. The van der Waals surface area contributed by atoms with Gasteiger partial charge in [0.05, 0.1) is 9.75 Å². The first-order valence-corrected chi connectivity index (χ1v) is 17.6. The molecule has 15 heteroatoms. The average Bonchev–Trinajstić information content (AvgIpc) is 3.73. The number of aromatic nitrogens is 1. The fourth-order valence-corrected chi connectivity index (χ4v) is 7.52. The smallest absolute Gasteiger partial charge is 0.339 e. The topological polar surface area (TPSA) is 149 Å². The van der Waals surface area contributed by atoms with Crippen LogP contribution in [0.25, 0.3) is 20.5 Å². The molecule has 46 heavy (non-hydrogen) atoms. The lowest BCUT2D eigenvalue weighted by atomic mass is 9.85. The lowest BCUT2D eigenvalue weighted by molar-refractivity contribution is -0.140. The molecule has 0 aliphatic carbocycles. The fraction of sp³-hybridized carbons (Fsp3) is 0.355. The van der Waals surface area contributed by atoms with Crippen molar-refractivity contribution in [2.24, 2.45) is 5.41 Å². The van der Waals surface area contributed by atoms with Crippen molar-refractivity contribution in [3.63, 3.8) is 0 Å². The summed E-state index contributed by atoms with van der Waals surface area (Å²) in [6, 6.07) is 10.6.